The number of hydrogen-bond acceptors (Lipinski definition) is 4. The molecular formula is C13H17N3O5. The minimum Gasteiger partial charge on any atom is -0.480 e. The van der Waals surface area contributed by atoms with Crippen molar-refractivity contribution in [2.45, 2.75) is 13.5 Å². The maximum absolute atomic E-state index is 12.2. The van der Waals surface area contributed by atoms with Crippen LogP contribution in [-0.2, 0) is 16.1 Å². The van der Waals surface area contributed by atoms with Gasteiger partial charge in [0, 0.05) is 12.7 Å². The summed E-state index contributed by atoms with van der Waals surface area (Å²) < 4.78 is 0. The van der Waals surface area contributed by atoms with Crippen LogP contribution in [0.1, 0.15) is 12.6 Å². The molecule has 1 aromatic rings. The van der Waals surface area contributed by atoms with Crippen LogP contribution in [0.15, 0.2) is 24.4 Å². The van der Waals surface area contributed by atoms with Gasteiger partial charge in [-0.05, 0) is 19.1 Å². The van der Waals surface area contributed by atoms with E-state index >= 15 is 0 Å². The van der Waals surface area contributed by atoms with Gasteiger partial charge in [0.15, 0.2) is 0 Å². The molecule has 0 aromatic carbocycles. The number of pyridine rings is 1. The Morgan fingerprint density at radius 1 is 1.10 bits per heavy atom. The zero-order chi connectivity index (χ0) is 15.8. The summed E-state index contributed by atoms with van der Waals surface area (Å²) >= 11 is 0. The van der Waals surface area contributed by atoms with Gasteiger partial charge in [-0.1, -0.05) is 6.07 Å². The van der Waals surface area contributed by atoms with Gasteiger partial charge >= 0.3 is 18.0 Å². The van der Waals surface area contributed by atoms with E-state index in [0.717, 1.165) is 4.90 Å². The van der Waals surface area contributed by atoms with E-state index in [9.17, 15) is 14.4 Å². The lowest BCUT2D eigenvalue weighted by Crippen LogP contribution is -2.47. The molecule has 0 aliphatic heterocycles. The highest BCUT2D eigenvalue weighted by atomic mass is 16.4. The second-order valence-corrected chi connectivity index (χ2v) is 4.26. The summed E-state index contributed by atoms with van der Waals surface area (Å²) in [6.45, 7) is 0.894. The predicted octanol–water partition coefficient (Wildman–Crippen LogP) is 0.495. The van der Waals surface area contributed by atoms with Crippen molar-refractivity contribution in [1.29, 1.82) is 0 Å². The van der Waals surface area contributed by atoms with Crippen molar-refractivity contribution in [2.24, 2.45) is 0 Å². The van der Waals surface area contributed by atoms with Crippen LogP contribution >= 0.6 is 0 Å². The number of carboxylic acid groups (broad SMARTS) is 2. The van der Waals surface area contributed by atoms with Crippen LogP contribution in [0.5, 0.6) is 0 Å². The monoisotopic (exact) mass is 295 g/mol. The summed E-state index contributed by atoms with van der Waals surface area (Å²) in [5.41, 5.74) is 0.637. The molecule has 21 heavy (non-hydrogen) atoms. The highest BCUT2D eigenvalue weighted by molar-refractivity contribution is 5.84. The summed E-state index contributed by atoms with van der Waals surface area (Å²) in [4.78, 5) is 39.9. The topological polar surface area (TPSA) is 111 Å². The fraction of sp³-hybridized carbons (Fsp3) is 0.385. The molecule has 0 spiro atoms. The number of aliphatic carboxylic acids is 2. The quantitative estimate of drug-likeness (QED) is 0.757. The molecule has 8 heteroatoms. The molecule has 2 amide bonds. The largest absolute Gasteiger partial charge is 0.480 e. The van der Waals surface area contributed by atoms with E-state index in [2.05, 4.69) is 4.98 Å². The molecule has 0 fully saturated rings. The first-order valence-corrected chi connectivity index (χ1v) is 6.31. The molecule has 114 valence electrons. The van der Waals surface area contributed by atoms with Crippen molar-refractivity contribution in [3.05, 3.63) is 30.1 Å². The maximum Gasteiger partial charge on any atom is 0.323 e. The Labute approximate surface area is 121 Å². The molecule has 0 saturated carbocycles. The Balaban J connectivity index is 2.82. The second-order valence-electron chi connectivity index (χ2n) is 4.26. The van der Waals surface area contributed by atoms with E-state index in [1.807, 2.05) is 0 Å². The second kappa shape index (κ2) is 7.83. The van der Waals surface area contributed by atoms with Crippen molar-refractivity contribution in [1.82, 2.24) is 14.8 Å². The fourth-order valence-corrected chi connectivity index (χ4v) is 1.72. The lowest BCUT2D eigenvalue weighted by atomic mass is 10.3. The van der Waals surface area contributed by atoms with Crippen molar-refractivity contribution in [2.75, 3.05) is 19.6 Å². The van der Waals surface area contributed by atoms with Gasteiger partial charge in [0.1, 0.15) is 13.1 Å². The normalized spacial score (nSPS) is 9.95. The van der Waals surface area contributed by atoms with E-state index in [-0.39, 0.29) is 6.54 Å². The molecule has 0 aliphatic carbocycles. The summed E-state index contributed by atoms with van der Waals surface area (Å²) in [5.74, 6) is -2.53. The molecule has 8 nitrogen and oxygen atoms in total. The number of urea groups is 1. The van der Waals surface area contributed by atoms with Crippen molar-refractivity contribution < 1.29 is 24.6 Å². The van der Waals surface area contributed by atoms with Gasteiger partial charge in [0.05, 0.1) is 12.2 Å². The van der Waals surface area contributed by atoms with Crippen LogP contribution in [0, 0.1) is 0 Å². The third-order valence-corrected chi connectivity index (χ3v) is 2.65. The van der Waals surface area contributed by atoms with Crippen LogP contribution < -0.4 is 0 Å². The zero-order valence-electron chi connectivity index (χ0n) is 11.6. The number of carboxylic acids is 2. The zero-order valence-corrected chi connectivity index (χ0v) is 11.6. The van der Waals surface area contributed by atoms with Gasteiger partial charge in [-0.25, -0.2) is 4.79 Å². The van der Waals surface area contributed by atoms with Gasteiger partial charge in [-0.3, -0.25) is 14.6 Å². The molecule has 0 atom stereocenters. The molecule has 1 aromatic heterocycles. The van der Waals surface area contributed by atoms with Gasteiger partial charge in [-0.2, -0.15) is 0 Å². The summed E-state index contributed by atoms with van der Waals surface area (Å²) in [6.07, 6.45) is 1.58. The first kappa shape index (κ1) is 16.4. The minimum absolute atomic E-state index is 0.186. The van der Waals surface area contributed by atoms with Crippen LogP contribution in [0.4, 0.5) is 4.79 Å². The Hall–Kier alpha value is -2.64. The standard InChI is InChI=1S/C13H17N3O5/c1-2-15(7-10-5-3-4-6-14-10)13(21)16(8-11(17)18)9-12(19)20/h3-6H,2,7-9H2,1H3,(H,17,18)(H,19,20). The van der Waals surface area contributed by atoms with Crippen LogP contribution in [0.3, 0.4) is 0 Å². The van der Waals surface area contributed by atoms with E-state index in [0.29, 0.717) is 12.2 Å². The number of hydrogen-bond donors (Lipinski definition) is 2. The summed E-state index contributed by atoms with van der Waals surface area (Å²) in [6, 6.07) is 4.60. The van der Waals surface area contributed by atoms with Gasteiger partial charge in [-0.15, -0.1) is 0 Å². The molecule has 0 bridgehead atoms. The van der Waals surface area contributed by atoms with Crippen LogP contribution in [-0.4, -0.2) is 62.6 Å². The van der Waals surface area contributed by atoms with Gasteiger partial charge < -0.3 is 20.0 Å². The van der Waals surface area contributed by atoms with Crippen molar-refractivity contribution in [3.63, 3.8) is 0 Å². The molecule has 2 N–H and O–H groups in total. The Kier molecular flexibility index (Phi) is 6.12. The van der Waals surface area contributed by atoms with Crippen molar-refractivity contribution in [3.8, 4) is 0 Å². The summed E-state index contributed by atoms with van der Waals surface area (Å²) in [5, 5.41) is 17.5. The Morgan fingerprint density at radius 2 is 1.71 bits per heavy atom. The third kappa shape index (κ3) is 5.47. The molecular weight excluding hydrogens is 278 g/mol. The Morgan fingerprint density at radius 3 is 2.14 bits per heavy atom. The SMILES string of the molecule is CCN(Cc1ccccn1)C(=O)N(CC(=O)O)CC(=O)O. The van der Waals surface area contributed by atoms with E-state index in [1.54, 1.807) is 31.3 Å². The number of rotatable bonds is 7. The number of nitrogens with zero attached hydrogens (tertiary/aromatic N) is 3. The van der Waals surface area contributed by atoms with E-state index in [1.165, 1.54) is 4.90 Å². The average molecular weight is 295 g/mol. The van der Waals surface area contributed by atoms with Gasteiger partial charge in [0.2, 0.25) is 0 Å². The molecule has 0 radical (unpaired) electrons. The number of aromatic nitrogens is 1. The fourth-order valence-electron chi connectivity index (χ4n) is 1.72. The lowest BCUT2D eigenvalue weighted by Gasteiger charge is -2.27. The highest BCUT2D eigenvalue weighted by Gasteiger charge is 2.24. The summed E-state index contributed by atoms with van der Waals surface area (Å²) in [7, 11) is 0. The molecule has 0 saturated heterocycles. The van der Waals surface area contributed by atoms with Crippen LogP contribution in [0.25, 0.3) is 0 Å². The predicted molar refractivity (Wildman–Crippen MR) is 72.6 cm³/mol. The van der Waals surface area contributed by atoms with Gasteiger partial charge in [0.25, 0.3) is 0 Å². The van der Waals surface area contributed by atoms with E-state index < -0.39 is 31.1 Å². The van der Waals surface area contributed by atoms with Crippen molar-refractivity contribution >= 4 is 18.0 Å². The number of carbonyl (C=O) groups is 3. The third-order valence-electron chi connectivity index (χ3n) is 2.65. The molecule has 0 aliphatic rings. The molecule has 1 heterocycles. The van der Waals surface area contributed by atoms with E-state index in [4.69, 9.17) is 10.2 Å². The lowest BCUT2D eigenvalue weighted by molar-refractivity contribution is -0.140. The Bertz CT molecular complexity index is 490. The average Bonchev–Trinajstić information content (AvgIpc) is 2.43. The van der Waals surface area contributed by atoms with Crippen LogP contribution in [0.2, 0.25) is 0 Å². The highest BCUT2D eigenvalue weighted by Crippen LogP contribution is 2.05. The molecule has 0 unspecified atom stereocenters. The maximum atomic E-state index is 12.2. The molecule has 1 rings (SSSR count). The number of amides is 2. The minimum atomic E-state index is -1.27. The first-order chi connectivity index (χ1) is 9.93. The first-order valence-electron chi connectivity index (χ1n) is 6.31. The number of carbonyl (C=O) groups excluding carboxylic acids is 1. The smallest absolute Gasteiger partial charge is 0.323 e.